The summed E-state index contributed by atoms with van der Waals surface area (Å²) in [6.07, 6.45) is 4.12. The van der Waals surface area contributed by atoms with Crippen LogP contribution < -0.4 is 26.0 Å². The molecule has 4 N–H and O–H groups in total. The lowest BCUT2D eigenvalue weighted by atomic mass is 10.0. The highest BCUT2D eigenvalue weighted by Gasteiger charge is 2.29. The Kier molecular flexibility index (Phi) is 12.2. The molecule has 10 nitrogen and oxygen atoms in total. The minimum absolute atomic E-state index is 0.0158. The Hall–Kier alpha value is -3.14. The molecule has 3 atom stereocenters. The standard InChI is InChI=1S/C30H47N5O5/c1-20(2)18-24-30(39)34-25(21(3)4)19-40-26-11-7-6-10-22(26)28(37)33-23(12-13-27(36)32-24)29(38)31-14-17-35-15-8-5-9-16-35/h6-7,10-11,20-21,23-25H,5,8-9,12-19H2,1-4H3,(H,31,38)(H,32,36)(H,33,37)(H,34,39)/t23-,24+,25+/m0/s1. The predicted octanol–water partition coefficient (Wildman–Crippen LogP) is 2.23. The largest absolute Gasteiger partial charge is 0.491 e. The lowest BCUT2D eigenvalue weighted by Gasteiger charge is -2.27. The van der Waals surface area contributed by atoms with Crippen molar-refractivity contribution >= 4 is 23.6 Å². The first-order valence-electron chi connectivity index (χ1n) is 14.8. The van der Waals surface area contributed by atoms with E-state index in [0.29, 0.717) is 24.3 Å². The summed E-state index contributed by atoms with van der Waals surface area (Å²) >= 11 is 0. The van der Waals surface area contributed by atoms with Gasteiger partial charge in [-0.25, -0.2) is 0 Å². The molecule has 1 fully saturated rings. The maximum absolute atomic E-state index is 13.4. The normalized spacial score (nSPS) is 23.6. The van der Waals surface area contributed by atoms with Gasteiger partial charge in [0.25, 0.3) is 5.91 Å². The van der Waals surface area contributed by atoms with Gasteiger partial charge in [0.2, 0.25) is 17.7 Å². The zero-order valence-electron chi connectivity index (χ0n) is 24.5. The molecule has 2 aliphatic heterocycles. The fraction of sp³-hybridized carbons (Fsp3) is 0.667. The van der Waals surface area contributed by atoms with Gasteiger partial charge < -0.3 is 30.9 Å². The van der Waals surface area contributed by atoms with Crippen LogP contribution in [0.3, 0.4) is 0 Å². The molecule has 0 unspecified atom stereocenters. The number of benzene rings is 1. The highest BCUT2D eigenvalue weighted by molar-refractivity contribution is 5.99. The van der Waals surface area contributed by atoms with Crippen LogP contribution in [0.5, 0.6) is 5.75 Å². The molecule has 0 bridgehead atoms. The number of likely N-dealkylation sites (tertiary alicyclic amines) is 1. The zero-order valence-corrected chi connectivity index (χ0v) is 24.5. The molecular formula is C30H47N5O5. The van der Waals surface area contributed by atoms with Crippen molar-refractivity contribution in [3.63, 3.8) is 0 Å². The van der Waals surface area contributed by atoms with E-state index in [1.807, 2.05) is 27.7 Å². The second-order valence-electron chi connectivity index (χ2n) is 11.7. The van der Waals surface area contributed by atoms with Crippen LogP contribution in [0.4, 0.5) is 0 Å². The summed E-state index contributed by atoms with van der Waals surface area (Å²) in [5.41, 5.74) is 0.291. The van der Waals surface area contributed by atoms with E-state index in [-0.39, 0.29) is 55.0 Å². The number of piperidine rings is 1. The number of nitrogens with zero attached hydrogens (tertiary/aromatic N) is 1. The van der Waals surface area contributed by atoms with Crippen molar-refractivity contribution in [3.05, 3.63) is 29.8 Å². The van der Waals surface area contributed by atoms with E-state index in [2.05, 4.69) is 26.2 Å². The molecule has 40 heavy (non-hydrogen) atoms. The van der Waals surface area contributed by atoms with Crippen LogP contribution in [-0.2, 0) is 14.4 Å². The van der Waals surface area contributed by atoms with Crippen LogP contribution in [0.25, 0.3) is 0 Å². The van der Waals surface area contributed by atoms with Gasteiger partial charge in [0.1, 0.15) is 24.4 Å². The maximum atomic E-state index is 13.4. The monoisotopic (exact) mass is 557 g/mol. The smallest absolute Gasteiger partial charge is 0.255 e. The molecule has 1 aromatic rings. The van der Waals surface area contributed by atoms with Crippen LogP contribution in [0.15, 0.2) is 24.3 Å². The number of nitrogens with one attached hydrogen (secondary N) is 4. The molecule has 222 valence electrons. The summed E-state index contributed by atoms with van der Waals surface area (Å²) in [7, 11) is 0. The fourth-order valence-electron chi connectivity index (χ4n) is 5.04. The molecule has 3 rings (SSSR count). The Bertz CT molecular complexity index is 1010. The van der Waals surface area contributed by atoms with E-state index in [1.54, 1.807) is 24.3 Å². The number of carbonyl (C=O) groups is 4. The number of fused-ring (bicyclic) bond motifs is 1. The van der Waals surface area contributed by atoms with E-state index in [0.717, 1.165) is 32.5 Å². The molecule has 1 aromatic carbocycles. The van der Waals surface area contributed by atoms with E-state index in [4.69, 9.17) is 4.74 Å². The third kappa shape index (κ3) is 9.80. The number of hydrogen-bond acceptors (Lipinski definition) is 6. The predicted molar refractivity (Wildman–Crippen MR) is 154 cm³/mol. The van der Waals surface area contributed by atoms with Crippen molar-refractivity contribution in [2.75, 3.05) is 32.8 Å². The summed E-state index contributed by atoms with van der Waals surface area (Å²) in [5, 5.41) is 11.7. The maximum Gasteiger partial charge on any atom is 0.255 e. The lowest BCUT2D eigenvalue weighted by molar-refractivity contribution is -0.130. The Morgan fingerprint density at radius 3 is 2.45 bits per heavy atom. The third-order valence-corrected chi connectivity index (χ3v) is 7.50. The second kappa shape index (κ2) is 15.6. The molecule has 2 aliphatic rings. The SMILES string of the molecule is CC(C)C[C@H]1NC(=O)CC[C@@H](C(=O)NCCN2CCCCC2)NC(=O)c2ccccc2OC[C@H](C(C)C)NC1=O. The first kappa shape index (κ1) is 31.4. The van der Waals surface area contributed by atoms with Gasteiger partial charge in [0.05, 0.1) is 11.6 Å². The second-order valence-corrected chi connectivity index (χ2v) is 11.7. The molecule has 4 amide bonds. The van der Waals surface area contributed by atoms with Crippen molar-refractivity contribution in [2.45, 2.75) is 84.3 Å². The van der Waals surface area contributed by atoms with Gasteiger partial charge >= 0.3 is 0 Å². The van der Waals surface area contributed by atoms with Crippen molar-refractivity contribution < 1.29 is 23.9 Å². The molecule has 0 aliphatic carbocycles. The van der Waals surface area contributed by atoms with Crippen molar-refractivity contribution in [3.8, 4) is 5.75 Å². The van der Waals surface area contributed by atoms with Crippen molar-refractivity contribution in [1.29, 1.82) is 0 Å². The molecule has 1 saturated heterocycles. The van der Waals surface area contributed by atoms with Crippen molar-refractivity contribution in [1.82, 2.24) is 26.2 Å². The first-order chi connectivity index (χ1) is 19.1. The molecule has 2 heterocycles. The highest BCUT2D eigenvalue weighted by atomic mass is 16.5. The van der Waals surface area contributed by atoms with Gasteiger partial charge in [-0.05, 0) is 62.7 Å². The van der Waals surface area contributed by atoms with Gasteiger partial charge in [-0.2, -0.15) is 0 Å². The van der Waals surface area contributed by atoms with Gasteiger partial charge in [0, 0.05) is 19.5 Å². The number of amides is 4. The minimum atomic E-state index is -0.918. The van der Waals surface area contributed by atoms with E-state index in [1.165, 1.54) is 6.42 Å². The summed E-state index contributed by atoms with van der Waals surface area (Å²) in [4.78, 5) is 55.1. The van der Waals surface area contributed by atoms with Crippen LogP contribution in [0.2, 0.25) is 0 Å². The average molecular weight is 558 g/mol. The minimum Gasteiger partial charge on any atom is -0.491 e. The number of rotatable bonds is 7. The number of carbonyl (C=O) groups excluding carboxylic acids is 4. The Labute approximate surface area is 238 Å². The lowest BCUT2D eigenvalue weighted by Crippen LogP contribution is -2.53. The fourth-order valence-corrected chi connectivity index (χ4v) is 5.04. The summed E-state index contributed by atoms with van der Waals surface area (Å²) in [6.45, 7) is 11.3. The van der Waals surface area contributed by atoms with Crippen LogP contribution >= 0.6 is 0 Å². The number of hydrogen-bond donors (Lipinski definition) is 4. The first-order valence-corrected chi connectivity index (χ1v) is 14.8. The van der Waals surface area contributed by atoms with Gasteiger partial charge in [-0.3, -0.25) is 19.2 Å². The average Bonchev–Trinajstić information content (AvgIpc) is 2.92. The molecule has 0 aromatic heterocycles. The molecule has 0 spiro atoms. The topological polar surface area (TPSA) is 129 Å². The van der Waals surface area contributed by atoms with Crippen LogP contribution in [-0.4, -0.2) is 79.4 Å². The quantitative estimate of drug-likeness (QED) is 0.407. The van der Waals surface area contributed by atoms with Gasteiger partial charge in [-0.15, -0.1) is 0 Å². The van der Waals surface area contributed by atoms with Crippen LogP contribution in [0.1, 0.15) is 76.6 Å². The highest BCUT2D eigenvalue weighted by Crippen LogP contribution is 2.20. The Balaban J connectivity index is 1.81. The number of ether oxygens (including phenoxy) is 1. The van der Waals surface area contributed by atoms with E-state index in [9.17, 15) is 19.2 Å². The van der Waals surface area contributed by atoms with Gasteiger partial charge in [-0.1, -0.05) is 46.2 Å². The van der Waals surface area contributed by atoms with E-state index >= 15 is 0 Å². The summed E-state index contributed by atoms with van der Waals surface area (Å²) in [6, 6.07) is 4.88. The van der Waals surface area contributed by atoms with Crippen LogP contribution in [0, 0.1) is 11.8 Å². The van der Waals surface area contributed by atoms with Gasteiger partial charge in [0.15, 0.2) is 0 Å². The number of para-hydroxylation sites is 1. The zero-order chi connectivity index (χ0) is 29.1. The molecule has 0 saturated carbocycles. The summed E-state index contributed by atoms with van der Waals surface area (Å²) in [5.74, 6) is -0.804. The summed E-state index contributed by atoms with van der Waals surface area (Å²) < 4.78 is 6.05. The van der Waals surface area contributed by atoms with E-state index < -0.39 is 18.0 Å². The molecule has 0 radical (unpaired) electrons. The molecular weight excluding hydrogens is 510 g/mol. The third-order valence-electron chi connectivity index (χ3n) is 7.50. The Morgan fingerprint density at radius 2 is 1.75 bits per heavy atom. The Morgan fingerprint density at radius 1 is 1.02 bits per heavy atom. The van der Waals surface area contributed by atoms with Crippen molar-refractivity contribution in [2.24, 2.45) is 11.8 Å². The molecule has 10 heteroatoms.